The third-order valence-electron chi connectivity index (χ3n) is 6.03. The lowest BCUT2D eigenvalue weighted by Crippen LogP contribution is -2.38. The molecule has 0 amide bonds. The van der Waals surface area contributed by atoms with E-state index in [0.717, 1.165) is 64.6 Å². The third-order valence-corrected chi connectivity index (χ3v) is 6.03. The maximum atomic E-state index is 4.84. The summed E-state index contributed by atoms with van der Waals surface area (Å²) in [6, 6.07) is 6.58. The van der Waals surface area contributed by atoms with E-state index in [-0.39, 0.29) is 0 Å². The summed E-state index contributed by atoms with van der Waals surface area (Å²) in [6.07, 6.45) is 12.0. The van der Waals surface area contributed by atoms with Gasteiger partial charge in [-0.15, -0.1) is 0 Å². The molecule has 1 saturated carbocycles. The molecule has 1 aliphatic carbocycles. The van der Waals surface area contributed by atoms with E-state index in [1.165, 1.54) is 19.3 Å². The highest BCUT2D eigenvalue weighted by atomic mass is 15.1. The fourth-order valence-corrected chi connectivity index (χ4v) is 4.20. The van der Waals surface area contributed by atoms with Crippen LogP contribution in [0.25, 0.3) is 33.5 Å². The van der Waals surface area contributed by atoms with Gasteiger partial charge in [0, 0.05) is 35.7 Å². The van der Waals surface area contributed by atoms with Crippen molar-refractivity contribution in [2.45, 2.75) is 37.6 Å². The first-order valence-electron chi connectivity index (χ1n) is 10.9. The SMILES string of the molecule is c1cc2[nH]nc(-c3cncc(N[C@@H]4CCCNC4)n3)c2cc1-c1cncc(C2CC2)n1. The van der Waals surface area contributed by atoms with Gasteiger partial charge in [0.05, 0.1) is 35.5 Å². The van der Waals surface area contributed by atoms with Gasteiger partial charge < -0.3 is 10.6 Å². The Morgan fingerprint density at radius 2 is 1.84 bits per heavy atom. The molecular weight excluding hydrogens is 388 g/mol. The largest absolute Gasteiger partial charge is 0.365 e. The maximum Gasteiger partial charge on any atom is 0.145 e. The Balaban J connectivity index is 1.34. The summed E-state index contributed by atoms with van der Waals surface area (Å²) in [5.74, 6) is 1.35. The van der Waals surface area contributed by atoms with Crippen LogP contribution in [0.5, 0.6) is 0 Å². The van der Waals surface area contributed by atoms with Crippen LogP contribution in [0, 0.1) is 0 Å². The van der Waals surface area contributed by atoms with Crippen LogP contribution >= 0.6 is 0 Å². The van der Waals surface area contributed by atoms with E-state index in [2.05, 4.69) is 42.9 Å². The maximum absolute atomic E-state index is 4.84. The minimum Gasteiger partial charge on any atom is -0.365 e. The van der Waals surface area contributed by atoms with E-state index < -0.39 is 0 Å². The standard InChI is InChI=1S/C23H24N8/c1-2-16(9-24-7-1)27-22-13-26-12-21(29-22)23-17-8-15(5-6-18(17)30-31-23)20-11-25-10-19(28-20)14-3-4-14/h5-6,8,10-14,16,24H,1-4,7,9H2,(H,27,29)(H,30,31)/t16-/m1/s1. The first-order valence-corrected chi connectivity index (χ1v) is 10.9. The van der Waals surface area contributed by atoms with Gasteiger partial charge in [-0.1, -0.05) is 6.07 Å². The molecule has 4 aromatic rings. The summed E-state index contributed by atoms with van der Waals surface area (Å²) in [7, 11) is 0. The molecule has 0 bridgehead atoms. The Labute approximate surface area is 180 Å². The molecule has 1 aromatic carbocycles. The zero-order chi connectivity index (χ0) is 20.6. The van der Waals surface area contributed by atoms with Crippen LogP contribution in [-0.4, -0.2) is 49.3 Å². The van der Waals surface area contributed by atoms with Crippen molar-refractivity contribution in [2.24, 2.45) is 0 Å². The molecule has 8 nitrogen and oxygen atoms in total. The minimum absolute atomic E-state index is 0.373. The van der Waals surface area contributed by atoms with Crippen LogP contribution in [0.15, 0.2) is 43.0 Å². The van der Waals surface area contributed by atoms with Crippen LogP contribution in [0.2, 0.25) is 0 Å². The minimum atomic E-state index is 0.373. The highest BCUT2D eigenvalue weighted by Gasteiger charge is 2.25. The molecule has 6 rings (SSSR count). The third kappa shape index (κ3) is 3.74. The molecule has 0 radical (unpaired) electrons. The van der Waals surface area contributed by atoms with Crippen LogP contribution < -0.4 is 10.6 Å². The number of benzene rings is 1. The Morgan fingerprint density at radius 3 is 2.71 bits per heavy atom. The number of piperidine rings is 1. The molecule has 8 heteroatoms. The average Bonchev–Trinajstić information content (AvgIpc) is 3.59. The Hall–Kier alpha value is -3.39. The number of aromatic amines is 1. The quantitative estimate of drug-likeness (QED) is 0.461. The van der Waals surface area contributed by atoms with Gasteiger partial charge in [-0.3, -0.25) is 15.1 Å². The van der Waals surface area contributed by atoms with Crippen LogP contribution in [0.1, 0.15) is 37.3 Å². The number of rotatable bonds is 5. The Bertz CT molecular complexity index is 1220. The average molecular weight is 413 g/mol. The Morgan fingerprint density at radius 1 is 0.935 bits per heavy atom. The predicted octanol–water partition coefficient (Wildman–Crippen LogP) is 3.52. The number of H-pyrrole nitrogens is 1. The second-order valence-corrected chi connectivity index (χ2v) is 8.41. The van der Waals surface area contributed by atoms with E-state index in [9.17, 15) is 0 Å². The van der Waals surface area contributed by atoms with E-state index in [0.29, 0.717) is 12.0 Å². The molecule has 2 fully saturated rings. The van der Waals surface area contributed by atoms with Crippen molar-refractivity contribution in [3.05, 3.63) is 48.7 Å². The topological polar surface area (TPSA) is 104 Å². The zero-order valence-electron chi connectivity index (χ0n) is 17.2. The number of hydrogen-bond acceptors (Lipinski definition) is 7. The molecule has 0 unspecified atom stereocenters. The lowest BCUT2D eigenvalue weighted by Gasteiger charge is -2.24. The lowest BCUT2D eigenvalue weighted by atomic mass is 10.1. The van der Waals surface area contributed by atoms with Crippen LogP contribution in [-0.2, 0) is 0 Å². The molecule has 1 saturated heterocycles. The highest BCUT2D eigenvalue weighted by molar-refractivity contribution is 5.94. The number of fused-ring (bicyclic) bond motifs is 1. The second kappa shape index (κ2) is 7.70. The fraction of sp³-hybridized carbons (Fsp3) is 0.348. The van der Waals surface area contributed by atoms with Crippen LogP contribution in [0.3, 0.4) is 0 Å². The van der Waals surface area contributed by atoms with Gasteiger partial charge in [0.1, 0.15) is 17.2 Å². The van der Waals surface area contributed by atoms with Gasteiger partial charge in [0.2, 0.25) is 0 Å². The van der Waals surface area contributed by atoms with Crippen molar-refractivity contribution in [1.29, 1.82) is 0 Å². The lowest BCUT2D eigenvalue weighted by molar-refractivity contribution is 0.479. The molecular formula is C23H24N8. The normalized spacial score (nSPS) is 18.9. The molecule has 31 heavy (non-hydrogen) atoms. The molecule has 0 spiro atoms. The van der Waals surface area contributed by atoms with Crippen molar-refractivity contribution in [3.63, 3.8) is 0 Å². The summed E-state index contributed by atoms with van der Waals surface area (Å²) in [5.41, 5.74) is 5.51. The van der Waals surface area contributed by atoms with Gasteiger partial charge in [-0.25, -0.2) is 9.97 Å². The van der Waals surface area contributed by atoms with E-state index >= 15 is 0 Å². The number of nitrogens with zero attached hydrogens (tertiary/aromatic N) is 5. The van der Waals surface area contributed by atoms with E-state index in [4.69, 9.17) is 9.97 Å². The predicted molar refractivity (Wildman–Crippen MR) is 120 cm³/mol. The van der Waals surface area contributed by atoms with E-state index in [1.54, 1.807) is 12.4 Å². The molecule has 3 aromatic heterocycles. The first-order chi connectivity index (χ1) is 15.3. The number of anilines is 1. The molecule has 1 atom stereocenters. The van der Waals surface area contributed by atoms with E-state index in [1.807, 2.05) is 18.5 Å². The van der Waals surface area contributed by atoms with Crippen molar-refractivity contribution < 1.29 is 0 Å². The van der Waals surface area contributed by atoms with Gasteiger partial charge in [-0.05, 0) is 44.4 Å². The van der Waals surface area contributed by atoms with Crippen molar-refractivity contribution in [1.82, 2.24) is 35.5 Å². The van der Waals surface area contributed by atoms with Crippen LogP contribution in [0.4, 0.5) is 5.82 Å². The Kier molecular flexibility index (Phi) is 4.57. The van der Waals surface area contributed by atoms with Gasteiger partial charge >= 0.3 is 0 Å². The monoisotopic (exact) mass is 412 g/mol. The smallest absolute Gasteiger partial charge is 0.145 e. The van der Waals surface area contributed by atoms with Gasteiger partial charge in [0.15, 0.2) is 0 Å². The van der Waals surface area contributed by atoms with Gasteiger partial charge in [-0.2, -0.15) is 5.10 Å². The first kappa shape index (κ1) is 18.4. The highest BCUT2D eigenvalue weighted by Crippen LogP contribution is 2.39. The number of aromatic nitrogens is 6. The molecule has 1 aliphatic heterocycles. The summed E-state index contributed by atoms with van der Waals surface area (Å²) in [5, 5.41) is 15.6. The second-order valence-electron chi connectivity index (χ2n) is 8.41. The molecule has 3 N–H and O–H groups in total. The van der Waals surface area contributed by atoms with Crippen molar-refractivity contribution in [3.8, 4) is 22.6 Å². The molecule has 156 valence electrons. The summed E-state index contributed by atoms with van der Waals surface area (Å²) < 4.78 is 0. The van der Waals surface area contributed by atoms with Gasteiger partial charge in [0.25, 0.3) is 0 Å². The van der Waals surface area contributed by atoms with Crippen molar-refractivity contribution >= 4 is 16.7 Å². The number of hydrogen-bond donors (Lipinski definition) is 3. The van der Waals surface area contributed by atoms with Crippen molar-refractivity contribution in [2.75, 3.05) is 18.4 Å². The summed E-state index contributed by atoms with van der Waals surface area (Å²) >= 11 is 0. The zero-order valence-corrected chi connectivity index (χ0v) is 17.2. The summed E-state index contributed by atoms with van der Waals surface area (Å²) in [4.78, 5) is 18.5. The fourth-order valence-electron chi connectivity index (χ4n) is 4.20. The summed E-state index contributed by atoms with van der Waals surface area (Å²) in [6.45, 7) is 2.03. The molecule has 2 aliphatic rings. The number of nitrogens with one attached hydrogen (secondary N) is 3. The molecule has 4 heterocycles.